The lowest BCUT2D eigenvalue weighted by Crippen LogP contribution is -2.33. The molecular formula is C28H26N4O4S. The van der Waals surface area contributed by atoms with Gasteiger partial charge < -0.3 is 15.8 Å². The molecule has 37 heavy (non-hydrogen) atoms. The van der Waals surface area contributed by atoms with Gasteiger partial charge >= 0.3 is 0 Å². The van der Waals surface area contributed by atoms with Crippen LogP contribution in [-0.2, 0) is 9.59 Å². The van der Waals surface area contributed by atoms with Gasteiger partial charge in [0.25, 0.3) is 5.91 Å². The molecule has 1 heterocycles. The van der Waals surface area contributed by atoms with E-state index in [0.717, 1.165) is 5.56 Å². The lowest BCUT2D eigenvalue weighted by molar-refractivity contribution is -0.115. The summed E-state index contributed by atoms with van der Waals surface area (Å²) in [5.41, 5.74) is 7.78. The third-order valence-electron chi connectivity index (χ3n) is 5.44. The van der Waals surface area contributed by atoms with Crippen molar-refractivity contribution in [1.82, 2.24) is 0 Å². The van der Waals surface area contributed by atoms with Crippen LogP contribution in [-0.4, -0.2) is 34.7 Å². The number of nitrogens with zero attached hydrogens (tertiary/aromatic N) is 2. The Morgan fingerprint density at radius 1 is 1.05 bits per heavy atom. The highest BCUT2D eigenvalue weighted by Crippen LogP contribution is 2.32. The van der Waals surface area contributed by atoms with Gasteiger partial charge in [-0.05, 0) is 62.4 Å². The van der Waals surface area contributed by atoms with Crippen LogP contribution in [0.15, 0.2) is 89.6 Å². The Bertz CT molecular complexity index is 1370. The number of para-hydroxylation sites is 2. The molecule has 0 spiro atoms. The highest BCUT2D eigenvalue weighted by atomic mass is 32.2. The second-order valence-corrected chi connectivity index (χ2v) is 9.37. The maximum Gasteiger partial charge on any atom is 0.283 e. The summed E-state index contributed by atoms with van der Waals surface area (Å²) in [7, 11) is 0. The smallest absolute Gasteiger partial charge is 0.283 e. The van der Waals surface area contributed by atoms with E-state index in [9.17, 15) is 14.4 Å². The number of rotatable bonds is 8. The number of amidine groups is 1. The first kappa shape index (κ1) is 25.7. The van der Waals surface area contributed by atoms with E-state index in [1.807, 2.05) is 61.5 Å². The van der Waals surface area contributed by atoms with Gasteiger partial charge in [0.2, 0.25) is 11.8 Å². The average molecular weight is 515 g/mol. The van der Waals surface area contributed by atoms with Crippen molar-refractivity contribution in [2.75, 3.05) is 16.8 Å². The Kier molecular flexibility index (Phi) is 8.05. The summed E-state index contributed by atoms with van der Waals surface area (Å²) < 4.78 is 5.69. The SMILES string of the molecule is CCOc1ccccc1/C=C1/N=C(SC(C)C(=O)Nc2ccc(C(N)=O)cc2)N(c2ccccc2)C1=O. The van der Waals surface area contributed by atoms with Crippen LogP contribution >= 0.6 is 11.8 Å². The highest BCUT2D eigenvalue weighted by Gasteiger charge is 2.34. The fourth-order valence-corrected chi connectivity index (χ4v) is 4.51. The van der Waals surface area contributed by atoms with Crippen molar-refractivity contribution in [2.24, 2.45) is 10.7 Å². The fraction of sp³-hybridized carbons (Fsp3) is 0.143. The zero-order valence-corrected chi connectivity index (χ0v) is 21.2. The molecule has 8 nitrogen and oxygen atoms in total. The van der Waals surface area contributed by atoms with Crippen molar-refractivity contribution in [3.8, 4) is 5.75 Å². The van der Waals surface area contributed by atoms with Crippen LogP contribution in [0.2, 0.25) is 0 Å². The number of hydrogen-bond acceptors (Lipinski definition) is 6. The number of carbonyl (C=O) groups excluding carboxylic acids is 3. The topological polar surface area (TPSA) is 114 Å². The van der Waals surface area contributed by atoms with Crippen LogP contribution in [0.4, 0.5) is 11.4 Å². The summed E-state index contributed by atoms with van der Waals surface area (Å²) in [6, 6.07) is 22.9. The molecular weight excluding hydrogens is 488 g/mol. The first-order chi connectivity index (χ1) is 17.9. The molecule has 1 aliphatic heterocycles. The van der Waals surface area contributed by atoms with Crippen LogP contribution < -0.4 is 20.7 Å². The number of primary amides is 1. The quantitative estimate of drug-likeness (QED) is 0.424. The molecule has 3 amide bonds. The van der Waals surface area contributed by atoms with E-state index in [1.165, 1.54) is 16.7 Å². The zero-order chi connectivity index (χ0) is 26.4. The van der Waals surface area contributed by atoms with Gasteiger partial charge in [0.1, 0.15) is 11.4 Å². The molecule has 0 saturated heterocycles. The molecule has 4 rings (SSSR count). The predicted octanol–water partition coefficient (Wildman–Crippen LogP) is 4.69. The van der Waals surface area contributed by atoms with Gasteiger partial charge in [-0.1, -0.05) is 48.2 Å². The number of hydrogen-bond donors (Lipinski definition) is 2. The third kappa shape index (κ3) is 6.07. The number of aliphatic imine (C=N–C) groups is 1. The van der Waals surface area contributed by atoms with Crippen molar-refractivity contribution in [1.29, 1.82) is 0 Å². The van der Waals surface area contributed by atoms with Gasteiger partial charge in [0.15, 0.2) is 5.17 Å². The van der Waals surface area contributed by atoms with Gasteiger partial charge in [0.05, 0.1) is 17.5 Å². The summed E-state index contributed by atoms with van der Waals surface area (Å²) >= 11 is 1.17. The molecule has 0 bridgehead atoms. The van der Waals surface area contributed by atoms with Crippen LogP contribution in [0, 0.1) is 0 Å². The number of anilines is 2. The normalized spacial score (nSPS) is 14.9. The lowest BCUT2D eigenvalue weighted by atomic mass is 10.1. The molecule has 3 N–H and O–H groups in total. The van der Waals surface area contributed by atoms with E-state index in [2.05, 4.69) is 10.3 Å². The first-order valence-electron chi connectivity index (χ1n) is 11.7. The van der Waals surface area contributed by atoms with E-state index < -0.39 is 11.2 Å². The molecule has 1 aliphatic rings. The maximum atomic E-state index is 13.5. The molecule has 0 fully saturated rings. The van der Waals surface area contributed by atoms with Gasteiger partial charge in [-0.25, -0.2) is 4.99 Å². The Balaban J connectivity index is 1.59. The maximum absolute atomic E-state index is 13.5. The molecule has 0 aromatic heterocycles. The van der Waals surface area contributed by atoms with Crippen molar-refractivity contribution in [2.45, 2.75) is 19.1 Å². The first-order valence-corrected chi connectivity index (χ1v) is 12.5. The van der Waals surface area contributed by atoms with Gasteiger partial charge in [-0.2, -0.15) is 0 Å². The summed E-state index contributed by atoms with van der Waals surface area (Å²) in [5, 5.41) is 2.63. The Morgan fingerprint density at radius 3 is 2.41 bits per heavy atom. The second-order valence-electron chi connectivity index (χ2n) is 8.06. The number of nitrogens with two attached hydrogens (primary N) is 1. The lowest BCUT2D eigenvalue weighted by Gasteiger charge is -2.20. The number of ether oxygens (including phenoxy) is 1. The van der Waals surface area contributed by atoms with Crippen LogP contribution in [0.3, 0.4) is 0 Å². The van der Waals surface area contributed by atoms with Crippen molar-refractivity contribution >= 4 is 52.1 Å². The monoisotopic (exact) mass is 514 g/mol. The van der Waals surface area contributed by atoms with Crippen molar-refractivity contribution in [3.05, 3.63) is 95.7 Å². The van der Waals surface area contributed by atoms with Crippen LogP contribution in [0.25, 0.3) is 6.08 Å². The summed E-state index contributed by atoms with van der Waals surface area (Å²) in [4.78, 5) is 43.8. The van der Waals surface area contributed by atoms with Gasteiger partial charge in [0, 0.05) is 16.8 Å². The van der Waals surface area contributed by atoms with E-state index in [1.54, 1.807) is 37.3 Å². The largest absolute Gasteiger partial charge is 0.493 e. The Morgan fingerprint density at radius 2 is 1.73 bits per heavy atom. The van der Waals surface area contributed by atoms with E-state index >= 15 is 0 Å². The summed E-state index contributed by atoms with van der Waals surface area (Å²) in [6.45, 7) is 4.12. The number of benzene rings is 3. The second kappa shape index (κ2) is 11.6. The standard InChI is InChI=1S/C28H26N4O4S/c1-3-36-24-12-8-7-9-20(24)17-23-27(35)32(22-10-5-4-6-11-22)28(31-23)37-18(2)26(34)30-21-15-13-19(14-16-21)25(29)33/h4-18H,3H2,1-2H3,(H2,29,33)(H,30,34)/b23-17+. The van der Waals surface area contributed by atoms with E-state index in [4.69, 9.17) is 10.5 Å². The minimum atomic E-state index is -0.580. The average Bonchev–Trinajstić information content (AvgIpc) is 3.20. The summed E-state index contributed by atoms with van der Waals surface area (Å²) in [6.07, 6.45) is 1.70. The van der Waals surface area contributed by atoms with Crippen molar-refractivity contribution < 1.29 is 19.1 Å². The molecule has 0 aliphatic carbocycles. The molecule has 1 atom stereocenters. The molecule has 3 aromatic rings. The molecule has 0 saturated carbocycles. The van der Waals surface area contributed by atoms with Crippen molar-refractivity contribution in [3.63, 3.8) is 0 Å². The molecule has 188 valence electrons. The predicted molar refractivity (Wildman–Crippen MR) is 148 cm³/mol. The number of thioether (sulfide) groups is 1. The number of amides is 3. The van der Waals surface area contributed by atoms with Gasteiger partial charge in [-0.15, -0.1) is 0 Å². The van der Waals surface area contributed by atoms with Gasteiger partial charge in [-0.3, -0.25) is 19.3 Å². The molecule has 9 heteroatoms. The molecule has 0 radical (unpaired) electrons. The fourth-order valence-electron chi connectivity index (χ4n) is 3.59. The Labute approximate surface area is 219 Å². The zero-order valence-electron chi connectivity index (χ0n) is 20.4. The van der Waals surface area contributed by atoms with Crippen LogP contribution in [0.1, 0.15) is 29.8 Å². The number of carbonyl (C=O) groups is 3. The Hall–Kier alpha value is -4.37. The minimum absolute atomic E-state index is 0.244. The van der Waals surface area contributed by atoms with Crippen LogP contribution in [0.5, 0.6) is 5.75 Å². The minimum Gasteiger partial charge on any atom is -0.493 e. The number of nitrogens with one attached hydrogen (secondary N) is 1. The summed E-state index contributed by atoms with van der Waals surface area (Å²) in [5.74, 6) is -0.462. The van der Waals surface area contributed by atoms with E-state index in [-0.39, 0.29) is 17.5 Å². The third-order valence-corrected chi connectivity index (χ3v) is 6.50. The molecule has 3 aromatic carbocycles. The highest BCUT2D eigenvalue weighted by molar-refractivity contribution is 8.15. The molecule has 1 unspecified atom stereocenters. The van der Waals surface area contributed by atoms with E-state index in [0.29, 0.717) is 34.5 Å².